The highest BCUT2D eigenvalue weighted by molar-refractivity contribution is 7.18. The van der Waals surface area contributed by atoms with Crippen molar-refractivity contribution in [1.82, 2.24) is 9.55 Å². The van der Waals surface area contributed by atoms with Crippen LogP contribution in [0.25, 0.3) is 10.2 Å². The molecular formula is C21H25N3OS. The summed E-state index contributed by atoms with van der Waals surface area (Å²) in [7, 11) is 0. The summed E-state index contributed by atoms with van der Waals surface area (Å²) in [5.74, 6) is 0.680. The molecular weight excluding hydrogens is 342 g/mol. The number of fused-ring (bicyclic) bond motifs is 3. The molecule has 4 rings (SSSR count). The van der Waals surface area contributed by atoms with Gasteiger partial charge < -0.3 is 5.32 Å². The second-order valence-electron chi connectivity index (χ2n) is 7.38. The van der Waals surface area contributed by atoms with Gasteiger partial charge in [0.05, 0.1) is 5.39 Å². The second kappa shape index (κ2) is 6.88. The molecule has 1 N–H and O–H groups in total. The third-order valence-corrected chi connectivity index (χ3v) is 6.42. The summed E-state index contributed by atoms with van der Waals surface area (Å²) in [6, 6.07) is 8.38. The van der Waals surface area contributed by atoms with Crippen molar-refractivity contribution in [2.75, 3.05) is 5.32 Å². The van der Waals surface area contributed by atoms with Gasteiger partial charge in [-0.1, -0.05) is 24.3 Å². The zero-order valence-electron chi connectivity index (χ0n) is 15.6. The highest BCUT2D eigenvalue weighted by Crippen LogP contribution is 2.34. The van der Waals surface area contributed by atoms with Crippen LogP contribution >= 0.6 is 11.3 Å². The van der Waals surface area contributed by atoms with E-state index in [4.69, 9.17) is 4.98 Å². The molecule has 0 radical (unpaired) electrons. The monoisotopic (exact) mass is 367 g/mol. The van der Waals surface area contributed by atoms with Gasteiger partial charge in [-0.2, -0.15) is 0 Å². The van der Waals surface area contributed by atoms with Gasteiger partial charge in [0.2, 0.25) is 5.95 Å². The van der Waals surface area contributed by atoms with Crippen LogP contribution in [0.3, 0.4) is 0 Å². The third kappa shape index (κ3) is 2.94. The number of aromatic nitrogens is 2. The Morgan fingerprint density at radius 2 is 2.00 bits per heavy atom. The highest BCUT2D eigenvalue weighted by Gasteiger charge is 2.22. The fraction of sp³-hybridized carbons (Fsp3) is 0.429. The minimum atomic E-state index is 0.0675. The van der Waals surface area contributed by atoms with Gasteiger partial charge >= 0.3 is 0 Å². The highest BCUT2D eigenvalue weighted by atomic mass is 32.1. The van der Waals surface area contributed by atoms with E-state index in [1.54, 1.807) is 11.3 Å². The molecule has 1 aliphatic carbocycles. The molecule has 0 spiro atoms. The Hall–Kier alpha value is -2.14. The normalized spacial score (nSPS) is 14.0. The van der Waals surface area contributed by atoms with E-state index < -0.39 is 0 Å². The number of rotatable bonds is 4. The van der Waals surface area contributed by atoms with Crippen molar-refractivity contribution in [1.29, 1.82) is 0 Å². The summed E-state index contributed by atoms with van der Waals surface area (Å²) in [5, 5.41) is 4.28. The van der Waals surface area contributed by atoms with Crippen molar-refractivity contribution in [3.8, 4) is 0 Å². The van der Waals surface area contributed by atoms with Crippen molar-refractivity contribution in [2.45, 2.75) is 59.0 Å². The standard InChI is InChI=1S/C21H25N3OS/c1-13(2)24-20(25)18-16-10-6-7-11-17(16)26-19(18)23-21(24)22-12-15-9-5-4-8-14(15)3/h4-5,8-9,13H,6-7,10-12H2,1-3H3,(H,22,23). The number of thiophene rings is 1. The molecule has 136 valence electrons. The van der Waals surface area contributed by atoms with Gasteiger partial charge in [-0.15, -0.1) is 11.3 Å². The van der Waals surface area contributed by atoms with Gasteiger partial charge in [0, 0.05) is 17.5 Å². The predicted molar refractivity (Wildman–Crippen MR) is 109 cm³/mol. The van der Waals surface area contributed by atoms with Gasteiger partial charge in [0.1, 0.15) is 4.83 Å². The van der Waals surface area contributed by atoms with Crippen molar-refractivity contribution < 1.29 is 0 Å². The third-order valence-electron chi connectivity index (χ3n) is 5.24. The van der Waals surface area contributed by atoms with Gasteiger partial charge in [-0.05, 0) is 63.1 Å². The van der Waals surface area contributed by atoms with E-state index in [1.165, 1.54) is 34.4 Å². The molecule has 0 saturated carbocycles. The second-order valence-corrected chi connectivity index (χ2v) is 8.46. The van der Waals surface area contributed by atoms with Crippen LogP contribution in [0.5, 0.6) is 0 Å². The van der Waals surface area contributed by atoms with E-state index in [-0.39, 0.29) is 11.6 Å². The molecule has 0 amide bonds. The Morgan fingerprint density at radius 1 is 1.23 bits per heavy atom. The summed E-state index contributed by atoms with van der Waals surface area (Å²) in [5.41, 5.74) is 3.83. The SMILES string of the molecule is Cc1ccccc1CNc1nc2sc3c(c2c(=O)n1C(C)C)CCCC3. The number of hydrogen-bond donors (Lipinski definition) is 1. The van der Waals surface area contributed by atoms with Crippen LogP contribution in [-0.2, 0) is 19.4 Å². The first-order valence-corrected chi connectivity index (χ1v) is 10.2. The molecule has 1 aromatic carbocycles. The Labute approximate surface area is 157 Å². The topological polar surface area (TPSA) is 46.9 Å². The maximum Gasteiger partial charge on any atom is 0.264 e. The molecule has 0 bridgehead atoms. The van der Waals surface area contributed by atoms with Gasteiger partial charge in [-0.25, -0.2) is 4.98 Å². The molecule has 0 atom stereocenters. The van der Waals surface area contributed by atoms with Gasteiger partial charge in [0.15, 0.2) is 0 Å². The maximum absolute atomic E-state index is 13.3. The van der Waals surface area contributed by atoms with Crippen molar-refractivity contribution in [3.05, 3.63) is 56.2 Å². The lowest BCUT2D eigenvalue weighted by Gasteiger charge is -2.18. The fourth-order valence-corrected chi connectivity index (χ4v) is 5.06. The molecule has 5 heteroatoms. The van der Waals surface area contributed by atoms with Gasteiger partial charge in [0.25, 0.3) is 5.56 Å². The average Bonchev–Trinajstić information content (AvgIpc) is 2.99. The summed E-state index contributed by atoms with van der Waals surface area (Å²) in [6.07, 6.45) is 4.49. The van der Waals surface area contributed by atoms with E-state index in [0.717, 1.165) is 23.1 Å². The fourth-order valence-electron chi connectivity index (χ4n) is 3.80. The van der Waals surface area contributed by atoms with Crippen LogP contribution in [-0.4, -0.2) is 9.55 Å². The summed E-state index contributed by atoms with van der Waals surface area (Å²) in [4.78, 5) is 20.4. The Bertz CT molecular complexity index is 1020. The molecule has 0 aliphatic heterocycles. The van der Waals surface area contributed by atoms with Crippen molar-refractivity contribution in [3.63, 3.8) is 0 Å². The number of aryl methyl sites for hydroxylation is 3. The maximum atomic E-state index is 13.3. The van der Waals surface area contributed by atoms with Crippen LogP contribution in [0.4, 0.5) is 5.95 Å². The number of nitrogens with zero attached hydrogens (tertiary/aromatic N) is 2. The van der Waals surface area contributed by atoms with E-state index in [1.807, 2.05) is 30.5 Å². The smallest absolute Gasteiger partial charge is 0.264 e. The molecule has 4 nitrogen and oxygen atoms in total. The van der Waals surface area contributed by atoms with Crippen LogP contribution in [0, 0.1) is 6.92 Å². The van der Waals surface area contributed by atoms with Crippen LogP contribution in [0.2, 0.25) is 0 Å². The first kappa shape index (κ1) is 17.3. The predicted octanol–water partition coefficient (Wildman–Crippen LogP) is 4.84. The van der Waals surface area contributed by atoms with E-state index in [2.05, 4.69) is 24.4 Å². The van der Waals surface area contributed by atoms with Crippen molar-refractivity contribution in [2.24, 2.45) is 0 Å². The largest absolute Gasteiger partial charge is 0.351 e. The molecule has 0 saturated heterocycles. The number of benzene rings is 1. The summed E-state index contributed by atoms with van der Waals surface area (Å²) in [6.45, 7) is 6.87. The Morgan fingerprint density at radius 3 is 2.77 bits per heavy atom. The Balaban J connectivity index is 1.80. The minimum absolute atomic E-state index is 0.0675. The first-order chi connectivity index (χ1) is 12.6. The van der Waals surface area contributed by atoms with Crippen LogP contribution in [0.15, 0.2) is 29.1 Å². The molecule has 1 aliphatic rings. The van der Waals surface area contributed by atoms with Crippen molar-refractivity contribution >= 4 is 27.5 Å². The lowest BCUT2D eigenvalue weighted by Crippen LogP contribution is -2.27. The molecule has 3 aromatic rings. The average molecular weight is 368 g/mol. The lowest BCUT2D eigenvalue weighted by molar-refractivity contribution is 0.579. The van der Waals surface area contributed by atoms with Crippen LogP contribution < -0.4 is 10.9 Å². The molecule has 26 heavy (non-hydrogen) atoms. The zero-order valence-corrected chi connectivity index (χ0v) is 16.4. The molecule has 0 unspecified atom stereocenters. The minimum Gasteiger partial charge on any atom is -0.351 e. The number of anilines is 1. The first-order valence-electron chi connectivity index (χ1n) is 9.41. The number of nitrogens with one attached hydrogen (secondary N) is 1. The summed E-state index contributed by atoms with van der Waals surface area (Å²) >= 11 is 1.71. The molecule has 2 aromatic heterocycles. The Kier molecular flexibility index (Phi) is 4.57. The van der Waals surface area contributed by atoms with Crippen LogP contribution in [0.1, 0.15) is 54.3 Å². The zero-order chi connectivity index (χ0) is 18.3. The van der Waals surface area contributed by atoms with Gasteiger partial charge in [-0.3, -0.25) is 9.36 Å². The van der Waals surface area contributed by atoms with E-state index in [9.17, 15) is 4.79 Å². The number of hydrogen-bond acceptors (Lipinski definition) is 4. The quantitative estimate of drug-likeness (QED) is 0.718. The summed E-state index contributed by atoms with van der Waals surface area (Å²) < 4.78 is 1.82. The van der Waals surface area contributed by atoms with E-state index in [0.29, 0.717) is 12.5 Å². The molecule has 2 heterocycles. The lowest BCUT2D eigenvalue weighted by atomic mass is 9.97. The molecule has 0 fully saturated rings. The van der Waals surface area contributed by atoms with E-state index >= 15 is 0 Å².